The fourth-order valence-corrected chi connectivity index (χ4v) is 3.43. The van der Waals surface area contributed by atoms with Crippen molar-refractivity contribution in [1.82, 2.24) is 20.0 Å². The zero-order valence-corrected chi connectivity index (χ0v) is 13.2. The molecule has 19 heavy (non-hydrogen) atoms. The summed E-state index contributed by atoms with van der Waals surface area (Å²) in [6, 6.07) is 2.00. The summed E-state index contributed by atoms with van der Waals surface area (Å²) >= 11 is 0. The Hall–Kier alpha value is -0.160. The topological polar surface area (TPSA) is 21.8 Å². The van der Waals surface area contributed by atoms with Gasteiger partial charge in [0.1, 0.15) is 0 Å². The average Bonchev–Trinajstić information content (AvgIpc) is 2.33. The highest BCUT2D eigenvalue weighted by molar-refractivity contribution is 4.85. The fourth-order valence-electron chi connectivity index (χ4n) is 3.43. The van der Waals surface area contributed by atoms with Crippen molar-refractivity contribution >= 4 is 0 Å². The van der Waals surface area contributed by atoms with Crippen LogP contribution in [0.4, 0.5) is 0 Å². The molecule has 2 aliphatic heterocycles. The highest BCUT2D eigenvalue weighted by Gasteiger charge is 2.27. The number of hydrogen-bond acceptors (Lipinski definition) is 4. The van der Waals surface area contributed by atoms with E-state index >= 15 is 0 Å². The van der Waals surface area contributed by atoms with E-state index in [1.807, 2.05) is 0 Å². The van der Waals surface area contributed by atoms with E-state index in [1.54, 1.807) is 0 Å². The van der Waals surface area contributed by atoms with Crippen molar-refractivity contribution in [3.63, 3.8) is 0 Å². The molecule has 0 aromatic rings. The molecule has 1 N–H and O–H groups in total. The Morgan fingerprint density at radius 1 is 1.11 bits per heavy atom. The lowest BCUT2D eigenvalue weighted by Crippen LogP contribution is -2.57. The van der Waals surface area contributed by atoms with E-state index in [0.29, 0.717) is 18.1 Å². The Morgan fingerprint density at radius 3 is 2.63 bits per heavy atom. The molecule has 0 bridgehead atoms. The molecule has 4 heteroatoms. The Balaban J connectivity index is 1.81. The van der Waals surface area contributed by atoms with Gasteiger partial charge in [-0.05, 0) is 33.5 Å². The van der Waals surface area contributed by atoms with Crippen molar-refractivity contribution in [3.05, 3.63) is 0 Å². The summed E-state index contributed by atoms with van der Waals surface area (Å²) in [6.07, 6.45) is 2.69. The summed E-state index contributed by atoms with van der Waals surface area (Å²) < 4.78 is 0. The fraction of sp³-hybridized carbons (Fsp3) is 1.00. The van der Waals surface area contributed by atoms with Crippen molar-refractivity contribution in [3.8, 4) is 0 Å². The SMILES string of the molecule is CC(C)NC1CCCN(CC2CN(C)CCN2C)C1. The zero-order chi connectivity index (χ0) is 13.8. The second-order valence-electron chi connectivity index (χ2n) is 6.82. The number of likely N-dealkylation sites (tertiary alicyclic amines) is 1. The van der Waals surface area contributed by atoms with Crippen LogP contribution in [0.25, 0.3) is 0 Å². The van der Waals surface area contributed by atoms with Crippen LogP contribution in [0.1, 0.15) is 26.7 Å². The number of rotatable bonds is 4. The summed E-state index contributed by atoms with van der Waals surface area (Å²) in [6.45, 7) is 11.9. The van der Waals surface area contributed by atoms with Crippen molar-refractivity contribution in [2.45, 2.75) is 44.8 Å². The first-order valence-corrected chi connectivity index (χ1v) is 7.92. The predicted molar refractivity (Wildman–Crippen MR) is 81.6 cm³/mol. The van der Waals surface area contributed by atoms with Crippen LogP contribution >= 0.6 is 0 Å². The van der Waals surface area contributed by atoms with Crippen LogP contribution in [0, 0.1) is 0 Å². The van der Waals surface area contributed by atoms with Crippen molar-refractivity contribution < 1.29 is 0 Å². The molecule has 0 aromatic heterocycles. The van der Waals surface area contributed by atoms with Crippen LogP contribution in [-0.2, 0) is 0 Å². The lowest BCUT2D eigenvalue weighted by molar-refractivity contribution is 0.0699. The predicted octanol–water partition coefficient (Wildman–Crippen LogP) is 0.695. The van der Waals surface area contributed by atoms with Crippen LogP contribution in [0.2, 0.25) is 0 Å². The van der Waals surface area contributed by atoms with E-state index in [-0.39, 0.29) is 0 Å². The number of piperazine rings is 1. The van der Waals surface area contributed by atoms with Gasteiger partial charge in [-0.1, -0.05) is 13.8 Å². The first-order valence-electron chi connectivity index (χ1n) is 7.92. The molecule has 0 radical (unpaired) electrons. The molecule has 112 valence electrons. The third-order valence-corrected chi connectivity index (χ3v) is 4.52. The molecule has 2 fully saturated rings. The molecule has 0 spiro atoms. The highest BCUT2D eigenvalue weighted by Crippen LogP contribution is 2.14. The van der Waals surface area contributed by atoms with Crippen LogP contribution in [0.5, 0.6) is 0 Å². The number of likely N-dealkylation sites (N-methyl/N-ethyl adjacent to an activating group) is 2. The van der Waals surface area contributed by atoms with Crippen LogP contribution < -0.4 is 5.32 Å². The summed E-state index contributed by atoms with van der Waals surface area (Å²) in [5, 5.41) is 3.70. The van der Waals surface area contributed by atoms with Gasteiger partial charge in [0.15, 0.2) is 0 Å². The van der Waals surface area contributed by atoms with Crippen LogP contribution in [0.3, 0.4) is 0 Å². The second-order valence-corrected chi connectivity index (χ2v) is 6.82. The molecular weight excluding hydrogens is 236 g/mol. The van der Waals surface area contributed by atoms with Crippen LogP contribution in [0.15, 0.2) is 0 Å². The molecule has 2 aliphatic rings. The summed E-state index contributed by atoms with van der Waals surface area (Å²) in [5.41, 5.74) is 0. The lowest BCUT2D eigenvalue weighted by Gasteiger charge is -2.42. The maximum Gasteiger partial charge on any atom is 0.0347 e. The minimum Gasteiger partial charge on any atom is -0.311 e. The van der Waals surface area contributed by atoms with E-state index < -0.39 is 0 Å². The third kappa shape index (κ3) is 4.71. The van der Waals surface area contributed by atoms with E-state index in [0.717, 1.165) is 0 Å². The second kappa shape index (κ2) is 7.02. The summed E-state index contributed by atoms with van der Waals surface area (Å²) in [4.78, 5) is 7.68. The van der Waals surface area contributed by atoms with Crippen molar-refractivity contribution in [1.29, 1.82) is 0 Å². The molecule has 2 atom stereocenters. The molecule has 2 unspecified atom stereocenters. The lowest BCUT2D eigenvalue weighted by atomic mass is 10.0. The maximum atomic E-state index is 3.70. The van der Waals surface area contributed by atoms with Gasteiger partial charge in [0.2, 0.25) is 0 Å². The van der Waals surface area contributed by atoms with Gasteiger partial charge in [-0.25, -0.2) is 0 Å². The molecule has 4 nitrogen and oxygen atoms in total. The standard InChI is InChI=1S/C15H32N4/c1-13(2)16-14-6-5-7-19(10-14)12-15-11-17(3)8-9-18(15)4/h13-16H,5-12H2,1-4H3. The Bertz CT molecular complexity index is 269. The first kappa shape index (κ1) is 15.2. The van der Waals surface area contributed by atoms with Crippen molar-refractivity contribution in [2.24, 2.45) is 0 Å². The van der Waals surface area contributed by atoms with Gasteiger partial charge >= 0.3 is 0 Å². The molecule has 2 heterocycles. The van der Waals surface area contributed by atoms with Gasteiger partial charge in [-0.3, -0.25) is 4.90 Å². The number of hydrogen-bond donors (Lipinski definition) is 1. The molecule has 0 aromatic carbocycles. The van der Waals surface area contributed by atoms with E-state index in [2.05, 4.69) is 48.0 Å². The molecular formula is C15H32N4. The highest BCUT2D eigenvalue weighted by atomic mass is 15.3. The van der Waals surface area contributed by atoms with Crippen LogP contribution in [-0.4, -0.2) is 86.2 Å². The van der Waals surface area contributed by atoms with E-state index in [4.69, 9.17) is 0 Å². The van der Waals surface area contributed by atoms with Gasteiger partial charge in [0.05, 0.1) is 0 Å². The summed E-state index contributed by atoms with van der Waals surface area (Å²) in [5.74, 6) is 0. The molecule has 2 saturated heterocycles. The van der Waals surface area contributed by atoms with E-state index in [9.17, 15) is 0 Å². The number of nitrogens with zero attached hydrogens (tertiary/aromatic N) is 3. The van der Waals surface area contributed by atoms with E-state index in [1.165, 1.54) is 52.1 Å². The average molecular weight is 268 g/mol. The molecule has 0 saturated carbocycles. The normalized spacial score (nSPS) is 32.1. The van der Waals surface area contributed by atoms with Crippen molar-refractivity contribution in [2.75, 3.05) is 53.4 Å². The summed E-state index contributed by atoms with van der Waals surface area (Å²) in [7, 11) is 4.53. The van der Waals surface area contributed by atoms with Gasteiger partial charge in [0, 0.05) is 50.8 Å². The maximum absolute atomic E-state index is 3.70. The molecule has 2 rings (SSSR count). The number of nitrogens with one attached hydrogen (secondary N) is 1. The largest absolute Gasteiger partial charge is 0.311 e. The molecule has 0 amide bonds. The van der Waals surface area contributed by atoms with Gasteiger partial charge in [-0.2, -0.15) is 0 Å². The Kier molecular flexibility index (Phi) is 5.63. The Labute approximate surface area is 119 Å². The Morgan fingerprint density at radius 2 is 1.89 bits per heavy atom. The zero-order valence-electron chi connectivity index (χ0n) is 13.2. The minimum atomic E-state index is 0.605. The monoisotopic (exact) mass is 268 g/mol. The third-order valence-electron chi connectivity index (χ3n) is 4.52. The van der Waals surface area contributed by atoms with Gasteiger partial charge < -0.3 is 15.1 Å². The smallest absolute Gasteiger partial charge is 0.0347 e. The number of piperidine rings is 1. The quantitative estimate of drug-likeness (QED) is 0.810. The first-order chi connectivity index (χ1) is 9.04. The van der Waals surface area contributed by atoms with Gasteiger partial charge in [-0.15, -0.1) is 0 Å². The minimum absolute atomic E-state index is 0.605. The molecule has 0 aliphatic carbocycles. The van der Waals surface area contributed by atoms with Gasteiger partial charge in [0.25, 0.3) is 0 Å².